The van der Waals surface area contributed by atoms with Crippen LogP contribution < -0.4 is 0 Å². The smallest absolute Gasteiger partial charge is 0.103 e. The number of hydrogen-bond donors (Lipinski definition) is 0. The van der Waals surface area contributed by atoms with Gasteiger partial charge in [-0.3, -0.25) is 0 Å². The van der Waals surface area contributed by atoms with Crippen LogP contribution in [0, 0.1) is 5.92 Å². The fourth-order valence-electron chi connectivity index (χ4n) is 0.720. The molecule has 1 heteroatoms. The Balaban J connectivity index is 0.000000371. The molecular formula is C9H15F. The highest BCUT2D eigenvalue weighted by Gasteiger charge is 2.06. The lowest BCUT2D eigenvalue weighted by atomic mass is 10.0. The van der Waals surface area contributed by atoms with Crippen LogP contribution in [0.3, 0.4) is 0 Å². The SMILES string of the molecule is CC.CC1CC=CC=C1F. The zero-order chi connectivity index (χ0) is 7.98. The quantitative estimate of drug-likeness (QED) is 0.486. The molecule has 58 valence electrons. The van der Waals surface area contributed by atoms with Crippen LogP contribution in [0.1, 0.15) is 27.2 Å². The van der Waals surface area contributed by atoms with Crippen LogP contribution in [0.4, 0.5) is 4.39 Å². The van der Waals surface area contributed by atoms with Gasteiger partial charge in [0.05, 0.1) is 0 Å². The standard InChI is InChI=1S/C7H9F.C2H6/c1-6-4-2-3-5-7(6)8;1-2/h2-3,5-6H,4H2,1H3;1-2H3. The second kappa shape index (κ2) is 5.21. The van der Waals surface area contributed by atoms with Crippen molar-refractivity contribution in [1.82, 2.24) is 0 Å². The third kappa shape index (κ3) is 2.81. The second-order valence-corrected chi connectivity index (χ2v) is 2.12. The van der Waals surface area contributed by atoms with Gasteiger partial charge in [0.25, 0.3) is 0 Å². The van der Waals surface area contributed by atoms with Gasteiger partial charge in [0.2, 0.25) is 0 Å². The van der Waals surface area contributed by atoms with Crippen molar-refractivity contribution in [3.63, 3.8) is 0 Å². The summed E-state index contributed by atoms with van der Waals surface area (Å²) in [6.45, 7) is 5.88. The molecule has 0 amide bonds. The number of halogens is 1. The van der Waals surface area contributed by atoms with Crippen LogP contribution in [-0.2, 0) is 0 Å². The summed E-state index contributed by atoms with van der Waals surface area (Å²) in [6, 6.07) is 0. The first-order chi connectivity index (χ1) is 4.80. The van der Waals surface area contributed by atoms with Crippen molar-refractivity contribution in [2.45, 2.75) is 27.2 Å². The second-order valence-electron chi connectivity index (χ2n) is 2.12. The Morgan fingerprint density at radius 1 is 1.50 bits per heavy atom. The maximum Gasteiger partial charge on any atom is 0.103 e. The number of rotatable bonds is 0. The molecule has 1 aliphatic carbocycles. The number of allylic oxidation sites excluding steroid dienone is 4. The minimum atomic E-state index is 0.00694. The van der Waals surface area contributed by atoms with Gasteiger partial charge in [-0.05, 0) is 12.5 Å². The molecule has 0 spiro atoms. The normalized spacial score (nSPS) is 22.8. The van der Waals surface area contributed by atoms with Gasteiger partial charge in [0.15, 0.2) is 0 Å². The van der Waals surface area contributed by atoms with Crippen LogP contribution in [0.15, 0.2) is 24.1 Å². The average Bonchev–Trinajstić information content (AvgIpc) is 2.00. The Hall–Kier alpha value is -0.590. The van der Waals surface area contributed by atoms with Crippen molar-refractivity contribution in [2.24, 2.45) is 5.92 Å². The Labute approximate surface area is 62.4 Å². The largest absolute Gasteiger partial charge is 0.212 e. The van der Waals surface area contributed by atoms with E-state index >= 15 is 0 Å². The van der Waals surface area contributed by atoms with Gasteiger partial charge >= 0.3 is 0 Å². The zero-order valence-electron chi connectivity index (χ0n) is 6.89. The van der Waals surface area contributed by atoms with Crippen LogP contribution in [0.25, 0.3) is 0 Å². The molecule has 0 aromatic rings. The van der Waals surface area contributed by atoms with Crippen LogP contribution in [0.5, 0.6) is 0 Å². The van der Waals surface area contributed by atoms with E-state index in [-0.39, 0.29) is 11.7 Å². The Morgan fingerprint density at radius 2 is 2.10 bits per heavy atom. The average molecular weight is 142 g/mol. The maximum atomic E-state index is 12.4. The van der Waals surface area contributed by atoms with E-state index in [0.29, 0.717) is 0 Å². The number of hydrogen-bond acceptors (Lipinski definition) is 0. The molecular weight excluding hydrogens is 127 g/mol. The molecule has 0 saturated carbocycles. The van der Waals surface area contributed by atoms with E-state index in [1.165, 1.54) is 6.08 Å². The third-order valence-electron chi connectivity index (χ3n) is 1.35. The van der Waals surface area contributed by atoms with E-state index in [0.717, 1.165) is 6.42 Å². The fraction of sp³-hybridized carbons (Fsp3) is 0.556. The molecule has 0 N–H and O–H groups in total. The van der Waals surface area contributed by atoms with Gasteiger partial charge in [-0.25, -0.2) is 4.39 Å². The molecule has 1 atom stereocenters. The van der Waals surface area contributed by atoms with Crippen molar-refractivity contribution in [1.29, 1.82) is 0 Å². The highest BCUT2D eigenvalue weighted by molar-refractivity contribution is 5.14. The highest BCUT2D eigenvalue weighted by atomic mass is 19.1. The molecule has 0 aliphatic heterocycles. The van der Waals surface area contributed by atoms with Crippen LogP contribution in [0.2, 0.25) is 0 Å². The van der Waals surface area contributed by atoms with Gasteiger partial charge in [0, 0.05) is 5.92 Å². The van der Waals surface area contributed by atoms with Gasteiger partial charge in [0.1, 0.15) is 5.83 Å². The van der Waals surface area contributed by atoms with Crippen molar-refractivity contribution >= 4 is 0 Å². The first kappa shape index (κ1) is 9.41. The lowest BCUT2D eigenvalue weighted by molar-refractivity contribution is 0.491. The van der Waals surface area contributed by atoms with Gasteiger partial charge in [-0.15, -0.1) is 0 Å². The van der Waals surface area contributed by atoms with Crippen LogP contribution in [-0.4, -0.2) is 0 Å². The maximum absolute atomic E-state index is 12.4. The fourth-order valence-corrected chi connectivity index (χ4v) is 0.720. The van der Waals surface area contributed by atoms with E-state index < -0.39 is 0 Å². The predicted octanol–water partition coefficient (Wildman–Crippen LogP) is 3.46. The van der Waals surface area contributed by atoms with E-state index in [1.807, 2.05) is 26.8 Å². The minimum absolute atomic E-state index is 0.00694. The molecule has 0 saturated heterocycles. The molecule has 0 bridgehead atoms. The Morgan fingerprint density at radius 3 is 2.40 bits per heavy atom. The summed E-state index contributed by atoms with van der Waals surface area (Å²) in [5.74, 6) is 0.118. The van der Waals surface area contributed by atoms with Gasteiger partial charge in [-0.1, -0.05) is 32.9 Å². The summed E-state index contributed by atoms with van der Waals surface area (Å²) >= 11 is 0. The summed E-state index contributed by atoms with van der Waals surface area (Å²) in [5.41, 5.74) is 0. The van der Waals surface area contributed by atoms with E-state index in [2.05, 4.69) is 0 Å². The highest BCUT2D eigenvalue weighted by Crippen LogP contribution is 2.19. The minimum Gasteiger partial charge on any atom is -0.212 e. The van der Waals surface area contributed by atoms with Crippen molar-refractivity contribution in [2.75, 3.05) is 0 Å². The van der Waals surface area contributed by atoms with Crippen molar-refractivity contribution in [3.05, 3.63) is 24.1 Å². The zero-order valence-corrected chi connectivity index (χ0v) is 6.89. The first-order valence-corrected chi connectivity index (χ1v) is 3.83. The Kier molecular flexibility index (Phi) is 4.91. The van der Waals surface area contributed by atoms with Crippen molar-refractivity contribution < 1.29 is 4.39 Å². The molecule has 0 nitrogen and oxygen atoms in total. The molecule has 0 aromatic carbocycles. The van der Waals surface area contributed by atoms with E-state index in [4.69, 9.17) is 0 Å². The topological polar surface area (TPSA) is 0 Å². The molecule has 0 heterocycles. The Bertz CT molecular complexity index is 134. The molecule has 1 aliphatic rings. The molecule has 0 fully saturated rings. The summed E-state index contributed by atoms with van der Waals surface area (Å²) in [5, 5.41) is 0. The van der Waals surface area contributed by atoms with Gasteiger partial charge in [-0.2, -0.15) is 0 Å². The summed E-state index contributed by atoms with van der Waals surface area (Å²) in [6.07, 6.45) is 6.11. The predicted molar refractivity (Wildman–Crippen MR) is 43.5 cm³/mol. The molecule has 0 aromatic heterocycles. The van der Waals surface area contributed by atoms with E-state index in [9.17, 15) is 4.39 Å². The van der Waals surface area contributed by atoms with Crippen LogP contribution >= 0.6 is 0 Å². The van der Waals surface area contributed by atoms with Gasteiger partial charge < -0.3 is 0 Å². The third-order valence-corrected chi connectivity index (χ3v) is 1.35. The van der Waals surface area contributed by atoms with E-state index in [1.54, 1.807) is 6.08 Å². The lowest BCUT2D eigenvalue weighted by Crippen LogP contribution is -1.95. The molecule has 1 rings (SSSR count). The molecule has 1 unspecified atom stereocenters. The lowest BCUT2D eigenvalue weighted by Gasteiger charge is -2.07. The monoisotopic (exact) mass is 142 g/mol. The molecule has 10 heavy (non-hydrogen) atoms. The summed E-state index contributed by atoms with van der Waals surface area (Å²) < 4.78 is 12.4. The molecule has 0 radical (unpaired) electrons. The summed E-state index contributed by atoms with van der Waals surface area (Å²) in [4.78, 5) is 0. The first-order valence-electron chi connectivity index (χ1n) is 3.83. The summed E-state index contributed by atoms with van der Waals surface area (Å²) in [7, 11) is 0. The van der Waals surface area contributed by atoms with Crippen molar-refractivity contribution in [3.8, 4) is 0 Å².